The first-order chi connectivity index (χ1) is 8.53. The summed E-state index contributed by atoms with van der Waals surface area (Å²) in [7, 11) is 0. The number of β-amino-alcohol motifs (C(OH)–C–C–N with tert-alkyl or cyclic N) is 1. The zero-order chi connectivity index (χ0) is 13.2. The number of nitrogens with zero attached hydrogens (tertiary/aromatic N) is 1. The van der Waals surface area contributed by atoms with E-state index in [9.17, 15) is 9.90 Å². The summed E-state index contributed by atoms with van der Waals surface area (Å²) in [5.74, 6) is 0.709. The van der Waals surface area contributed by atoms with E-state index in [4.69, 9.17) is 0 Å². The van der Waals surface area contributed by atoms with Gasteiger partial charge in [-0.2, -0.15) is 0 Å². The molecule has 1 aliphatic carbocycles. The molecular weight excluding hydrogens is 226 g/mol. The van der Waals surface area contributed by atoms with E-state index in [-0.39, 0.29) is 5.92 Å². The number of carbonyl (C=O) groups is 1. The summed E-state index contributed by atoms with van der Waals surface area (Å²) in [5, 5.41) is 10.3. The summed E-state index contributed by atoms with van der Waals surface area (Å²) in [6, 6.07) is 0.395. The van der Waals surface area contributed by atoms with Crippen LogP contribution >= 0.6 is 0 Å². The van der Waals surface area contributed by atoms with Crippen LogP contribution in [-0.4, -0.2) is 40.5 Å². The predicted octanol–water partition coefficient (Wildman–Crippen LogP) is 2.37. The minimum absolute atomic E-state index is 0.248. The Balaban J connectivity index is 2.03. The highest BCUT2D eigenvalue weighted by Gasteiger charge is 2.38. The fraction of sp³-hybridized carbons (Fsp3) is 0.933. The number of carbonyl (C=O) groups excluding carboxylic acids is 1. The fourth-order valence-electron chi connectivity index (χ4n) is 3.47. The monoisotopic (exact) mass is 253 g/mol. The molecule has 2 aliphatic rings. The molecule has 0 spiro atoms. The molecule has 2 rings (SSSR count). The van der Waals surface area contributed by atoms with Gasteiger partial charge in [-0.05, 0) is 45.6 Å². The second-order valence-corrected chi connectivity index (χ2v) is 6.35. The Bertz CT molecular complexity index is 301. The van der Waals surface area contributed by atoms with Crippen molar-refractivity contribution in [2.75, 3.05) is 13.1 Å². The van der Waals surface area contributed by atoms with E-state index >= 15 is 0 Å². The smallest absolute Gasteiger partial charge is 0.137 e. The van der Waals surface area contributed by atoms with Gasteiger partial charge in [0.1, 0.15) is 5.78 Å². The van der Waals surface area contributed by atoms with Gasteiger partial charge in [0.05, 0.1) is 5.60 Å². The largest absolute Gasteiger partial charge is 0.389 e. The number of hydrogen-bond acceptors (Lipinski definition) is 3. The lowest BCUT2D eigenvalue weighted by atomic mass is 9.87. The van der Waals surface area contributed by atoms with Gasteiger partial charge in [0, 0.05) is 24.9 Å². The Morgan fingerprint density at radius 2 is 2.11 bits per heavy atom. The first-order valence-electron chi connectivity index (χ1n) is 7.52. The summed E-state index contributed by atoms with van der Waals surface area (Å²) >= 11 is 0. The maximum absolute atomic E-state index is 12.0. The van der Waals surface area contributed by atoms with Gasteiger partial charge in [0.15, 0.2) is 0 Å². The summed E-state index contributed by atoms with van der Waals surface area (Å²) in [6.07, 6.45) is 7.26. The topological polar surface area (TPSA) is 40.5 Å². The normalized spacial score (nSPS) is 33.6. The van der Waals surface area contributed by atoms with Crippen LogP contribution in [0.25, 0.3) is 0 Å². The zero-order valence-corrected chi connectivity index (χ0v) is 11.8. The zero-order valence-electron chi connectivity index (χ0n) is 11.8. The first kappa shape index (κ1) is 14.0. The van der Waals surface area contributed by atoms with Crippen LogP contribution < -0.4 is 0 Å². The highest BCUT2D eigenvalue weighted by molar-refractivity contribution is 5.83. The van der Waals surface area contributed by atoms with Crippen molar-refractivity contribution >= 4 is 5.78 Å². The SMILES string of the molecule is CCC(C)(O)CN1CCCCC1C1CCCC1=O. The molecule has 1 saturated heterocycles. The van der Waals surface area contributed by atoms with Crippen LogP contribution in [0.3, 0.4) is 0 Å². The van der Waals surface area contributed by atoms with Crippen molar-refractivity contribution in [1.82, 2.24) is 4.90 Å². The lowest BCUT2D eigenvalue weighted by molar-refractivity contribution is -0.124. The van der Waals surface area contributed by atoms with Crippen LogP contribution in [0.5, 0.6) is 0 Å². The Kier molecular flexibility index (Phi) is 4.44. The molecule has 2 fully saturated rings. The molecule has 1 saturated carbocycles. The van der Waals surface area contributed by atoms with Crippen LogP contribution in [0.4, 0.5) is 0 Å². The molecule has 0 aromatic carbocycles. The van der Waals surface area contributed by atoms with E-state index in [1.54, 1.807) is 0 Å². The number of hydrogen-bond donors (Lipinski definition) is 1. The number of Topliss-reactive ketones (excluding diaryl/α,β-unsaturated/α-hetero) is 1. The number of aliphatic hydroxyl groups is 1. The van der Waals surface area contributed by atoms with E-state index in [1.807, 2.05) is 13.8 Å². The van der Waals surface area contributed by atoms with Gasteiger partial charge in [-0.25, -0.2) is 0 Å². The van der Waals surface area contributed by atoms with E-state index in [2.05, 4.69) is 4.90 Å². The van der Waals surface area contributed by atoms with Crippen LogP contribution in [-0.2, 0) is 4.79 Å². The molecule has 1 heterocycles. The van der Waals surface area contributed by atoms with Crippen molar-refractivity contribution in [3.05, 3.63) is 0 Å². The van der Waals surface area contributed by atoms with Crippen molar-refractivity contribution in [3.63, 3.8) is 0 Å². The number of piperidine rings is 1. The summed E-state index contributed by atoms with van der Waals surface area (Å²) in [6.45, 7) is 5.71. The Labute approximate surface area is 111 Å². The Morgan fingerprint density at radius 3 is 2.72 bits per heavy atom. The first-order valence-corrected chi connectivity index (χ1v) is 7.52. The molecule has 3 nitrogen and oxygen atoms in total. The lowest BCUT2D eigenvalue weighted by Gasteiger charge is -2.42. The second kappa shape index (κ2) is 5.70. The molecule has 3 heteroatoms. The summed E-state index contributed by atoms with van der Waals surface area (Å²) < 4.78 is 0. The Morgan fingerprint density at radius 1 is 1.33 bits per heavy atom. The van der Waals surface area contributed by atoms with Crippen molar-refractivity contribution in [2.45, 2.75) is 70.4 Å². The molecule has 0 aromatic rings. The van der Waals surface area contributed by atoms with E-state index in [0.29, 0.717) is 11.8 Å². The molecule has 3 unspecified atom stereocenters. The third-order valence-electron chi connectivity index (χ3n) is 4.79. The second-order valence-electron chi connectivity index (χ2n) is 6.35. The van der Waals surface area contributed by atoms with E-state index in [0.717, 1.165) is 45.2 Å². The summed E-state index contributed by atoms with van der Waals surface area (Å²) in [4.78, 5) is 14.4. The Hall–Kier alpha value is -0.410. The quantitative estimate of drug-likeness (QED) is 0.836. The molecule has 0 aromatic heterocycles. The number of likely N-dealkylation sites (tertiary alicyclic amines) is 1. The van der Waals surface area contributed by atoms with Gasteiger partial charge in [-0.3, -0.25) is 9.69 Å². The molecule has 0 bridgehead atoms. The van der Waals surface area contributed by atoms with Crippen LogP contribution in [0.15, 0.2) is 0 Å². The maximum atomic E-state index is 12.0. The molecule has 104 valence electrons. The van der Waals surface area contributed by atoms with Gasteiger partial charge in [0.25, 0.3) is 0 Å². The molecule has 18 heavy (non-hydrogen) atoms. The molecule has 1 aliphatic heterocycles. The van der Waals surface area contributed by atoms with Crippen LogP contribution in [0.1, 0.15) is 58.8 Å². The van der Waals surface area contributed by atoms with Gasteiger partial charge in [-0.1, -0.05) is 13.3 Å². The van der Waals surface area contributed by atoms with Gasteiger partial charge >= 0.3 is 0 Å². The van der Waals surface area contributed by atoms with Crippen molar-refractivity contribution in [1.29, 1.82) is 0 Å². The fourth-order valence-corrected chi connectivity index (χ4v) is 3.47. The number of rotatable bonds is 4. The molecular formula is C15H27NO2. The van der Waals surface area contributed by atoms with Crippen molar-refractivity contribution in [3.8, 4) is 0 Å². The van der Waals surface area contributed by atoms with Crippen LogP contribution in [0.2, 0.25) is 0 Å². The minimum atomic E-state index is -0.614. The maximum Gasteiger partial charge on any atom is 0.137 e. The predicted molar refractivity (Wildman–Crippen MR) is 72.5 cm³/mol. The van der Waals surface area contributed by atoms with E-state index < -0.39 is 5.60 Å². The summed E-state index contributed by atoms with van der Waals surface area (Å²) in [5.41, 5.74) is -0.614. The highest BCUT2D eigenvalue weighted by Crippen LogP contribution is 2.33. The van der Waals surface area contributed by atoms with Gasteiger partial charge < -0.3 is 5.11 Å². The standard InChI is InChI=1S/C15H27NO2/c1-3-15(2,18)11-16-10-5-4-8-13(16)12-7-6-9-14(12)17/h12-13,18H,3-11H2,1-2H3. The lowest BCUT2D eigenvalue weighted by Crippen LogP contribution is -2.51. The molecule has 0 amide bonds. The molecule has 0 radical (unpaired) electrons. The number of ketones is 1. The van der Waals surface area contributed by atoms with Crippen LogP contribution in [0, 0.1) is 5.92 Å². The van der Waals surface area contributed by atoms with Gasteiger partial charge in [-0.15, -0.1) is 0 Å². The highest BCUT2D eigenvalue weighted by atomic mass is 16.3. The third-order valence-corrected chi connectivity index (χ3v) is 4.79. The van der Waals surface area contributed by atoms with E-state index in [1.165, 1.54) is 12.8 Å². The van der Waals surface area contributed by atoms with Crippen molar-refractivity contribution < 1.29 is 9.90 Å². The average molecular weight is 253 g/mol. The third kappa shape index (κ3) is 3.12. The minimum Gasteiger partial charge on any atom is -0.389 e. The average Bonchev–Trinajstić information content (AvgIpc) is 2.76. The molecule has 3 atom stereocenters. The molecule has 1 N–H and O–H groups in total. The van der Waals surface area contributed by atoms with Crippen molar-refractivity contribution in [2.24, 2.45) is 5.92 Å². The van der Waals surface area contributed by atoms with Gasteiger partial charge in [0.2, 0.25) is 0 Å².